The van der Waals surface area contributed by atoms with E-state index in [0.717, 1.165) is 21.3 Å². The maximum absolute atomic E-state index is 12.1. The third kappa shape index (κ3) is 4.57. The molecule has 5 heteroatoms. The van der Waals surface area contributed by atoms with Gasteiger partial charge in [0.25, 0.3) is 0 Å². The van der Waals surface area contributed by atoms with Gasteiger partial charge in [0.2, 0.25) is 5.91 Å². The lowest BCUT2D eigenvalue weighted by Gasteiger charge is -2.07. The average Bonchev–Trinajstić information content (AvgIpc) is 3.06. The predicted octanol–water partition coefficient (Wildman–Crippen LogP) is 5.29. The third-order valence-corrected chi connectivity index (χ3v) is 4.57. The molecule has 0 aliphatic heterocycles. The van der Waals surface area contributed by atoms with Gasteiger partial charge in [-0.25, -0.2) is 4.98 Å². The molecule has 0 bridgehead atoms. The summed E-state index contributed by atoms with van der Waals surface area (Å²) < 4.78 is 6.75. The molecule has 1 aromatic heterocycles. The van der Waals surface area contributed by atoms with Crippen molar-refractivity contribution in [3.8, 4) is 11.3 Å². The van der Waals surface area contributed by atoms with Crippen LogP contribution in [0.1, 0.15) is 23.4 Å². The van der Waals surface area contributed by atoms with Crippen LogP contribution < -0.4 is 5.32 Å². The summed E-state index contributed by atoms with van der Waals surface area (Å²) in [5.41, 5.74) is 4.14. The van der Waals surface area contributed by atoms with Gasteiger partial charge in [-0.3, -0.25) is 4.79 Å². The van der Waals surface area contributed by atoms with Gasteiger partial charge in [-0.05, 0) is 49.2 Å². The number of carbonyl (C=O) groups is 1. The van der Waals surface area contributed by atoms with Gasteiger partial charge in [-0.15, -0.1) is 0 Å². The fourth-order valence-corrected chi connectivity index (χ4v) is 2.70. The van der Waals surface area contributed by atoms with E-state index in [9.17, 15) is 4.79 Å². The second-order valence-electron chi connectivity index (χ2n) is 5.97. The molecule has 2 aromatic carbocycles. The van der Waals surface area contributed by atoms with Crippen LogP contribution in [-0.2, 0) is 11.2 Å². The number of carbonyl (C=O) groups excluding carboxylic acids is 1. The molecule has 0 saturated carbocycles. The molecule has 0 aliphatic rings. The number of amides is 1. The number of rotatable bonds is 5. The molecular formula is C20H19BrN2O2. The van der Waals surface area contributed by atoms with Crippen LogP contribution in [0.2, 0.25) is 0 Å². The molecule has 0 fully saturated rings. The van der Waals surface area contributed by atoms with E-state index in [1.165, 1.54) is 5.56 Å². The SMILES string of the molecule is Cc1ccc(NC(=O)CCc2ncc(-c3ccc(Br)cc3)o2)cc1C. The highest BCUT2D eigenvalue weighted by atomic mass is 79.9. The van der Waals surface area contributed by atoms with Gasteiger partial charge < -0.3 is 9.73 Å². The van der Waals surface area contributed by atoms with Crippen molar-refractivity contribution in [2.75, 3.05) is 5.32 Å². The molecule has 0 saturated heterocycles. The van der Waals surface area contributed by atoms with Crippen LogP contribution in [0.15, 0.2) is 57.6 Å². The van der Waals surface area contributed by atoms with Crippen LogP contribution in [-0.4, -0.2) is 10.9 Å². The molecule has 3 rings (SSSR count). The van der Waals surface area contributed by atoms with E-state index in [2.05, 4.69) is 26.2 Å². The van der Waals surface area contributed by atoms with Crippen molar-refractivity contribution in [3.63, 3.8) is 0 Å². The lowest BCUT2D eigenvalue weighted by molar-refractivity contribution is -0.116. The molecule has 0 aliphatic carbocycles. The fraction of sp³-hybridized carbons (Fsp3) is 0.200. The number of benzene rings is 2. The van der Waals surface area contributed by atoms with Crippen molar-refractivity contribution in [2.45, 2.75) is 26.7 Å². The molecule has 0 radical (unpaired) electrons. The van der Waals surface area contributed by atoms with Crippen LogP contribution in [0.5, 0.6) is 0 Å². The Morgan fingerprint density at radius 3 is 2.60 bits per heavy atom. The Labute approximate surface area is 155 Å². The van der Waals surface area contributed by atoms with Crippen LogP contribution in [0, 0.1) is 13.8 Å². The number of hydrogen-bond donors (Lipinski definition) is 1. The third-order valence-electron chi connectivity index (χ3n) is 4.04. The number of oxazole rings is 1. The largest absolute Gasteiger partial charge is 0.441 e. The molecule has 0 atom stereocenters. The number of hydrogen-bond acceptors (Lipinski definition) is 3. The van der Waals surface area contributed by atoms with Crippen LogP contribution in [0.3, 0.4) is 0 Å². The molecule has 4 nitrogen and oxygen atoms in total. The maximum Gasteiger partial charge on any atom is 0.224 e. The van der Waals surface area contributed by atoms with Crippen molar-refractivity contribution >= 4 is 27.5 Å². The maximum atomic E-state index is 12.1. The molecule has 1 N–H and O–H groups in total. The normalized spacial score (nSPS) is 10.7. The smallest absolute Gasteiger partial charge is 0.224 e. The van der Waals surface area contributed by atoms with Crippen LogP contribution >= 0.6 is 15.9 Å². The zero-order valence-corrected chi connectivity index (χ0v) is 15.8. The zero-order valence-electron chi connectivity index (χ0n) is 14.2. The van der Waals surface area contributed by atoms with Crippen molar-refractivity contribution < 1.29 is 9.21 Å². The molecule has 0 unspecified atom stereocenters. The first kappa shape index (κ1) is 17.4. The first-order chi connectivity index (χ1) is 12.0. The van der Waals surface area contributed by atoms with Crippen molar-refractivity contribution in [2.24, 2.45) is 0 Å². The molecule has 1 amide bonds. The summed E-state index contributed by atoms with van der Waals surface area (Å²) in [6, 6.07) is 13.7. The number of aromatic nitrogens is 1. The Bertz CT molecular complexity index is 885. The summed E-state index contributed by atoms with van der Waals surface area (Å²) in [4.78, 5) is 16.4. The number of halogens is 1. The summed E-state index contributed by atoms with van der Waals surface area (Å²) in [5.74, 6) is 1.22. The van der Waals surface area contributed by atoms with Gasteiger partial charge in [0, 0.05) is 28.6 Å². The van der Waals surface area contributed by atoms with Gasteiger partial charge in [0.1, 0.15) is 0 Å². The van der Waals surface area contributed by atoms with E-state index >= 15 is 0 Å². The molecule has 1 heterocycles. The molecule has 25 heavy (non-hydrogen) atoms. The highest BCUT2D eigenvalue weighted by Crippen LogP contribution is 2.23. The molecule has 128 valence electrons. The van der Waals surface area contributed by atoms with Crippen LogP contribution in [0.4, 0.5) is 5.69 Å². The van der Waals surface area contributed by atoms with Gasteiger partial charge in [0.05, 0.1) is 6.20 Å². The Kier molecular flexibility index (Phi) is 5.34. The fourth-order valence-electron chi connectivity index (χ4n) is 2.44. The van der Waals surface area contributed by atoms with Gasteiger partial charge in [-0.2, -0.15) is 0 Å². The summed E-state index contributed by atoms with van der Waals surface area (Å²) in [7, 11) is 0. The second-order valence-corrected chi connectivity index (χ2v) is 6.89. The Morgan fingerprint density at radius 2 is 1.88 bits per heavy atom. The Balaban J connectivity index is 1.57. The average molecular weight is 399 g/mol. The first-order valence-corrected chi connectivity index (χ1v) is 8.88. The first-order valence-electron chi connectivity index (χ1n) is 8.09. The quantitative estimate of drug-likeness (QED) is 0.634. The predicted molar refractivity (Wildman–Crippen MR) is 103 cm³/mol. The van der Waals surface area contributed by atoms with Crippen molar-refractivity contribution in [1.82, 2.24) is 4.98 Å². The summed E-state index contributed by atoms with van der Waals surface area (Å²) in [6.07, 6.45) is 2.49. The number of anilines is 1. The molecule has 3 aromatic rings. The van der Waals surface area contributed by atoms with E-state index in [1.54, 1.807) is 6.20 Å². The highest BCUT2D eigenvalue weighted by molar-refractivity contribution is 9.10. The minimum absolute atomic E-state index is 0.0494. The monoisotopic (exact) mass is 398 g/mol. The lowest BCUT2D eigenvalue weighted by Crippen LogP contribution is -2.12. The van der Waals surface area contributed by atoms with E-state index in [-0.39, 0.29) is 5.91 Å². The van der Waals surface area contributed by atoms with E-state index in [0.29, 0.717) is 24.5 Å². The standard InChI is InChI=1S/C20H19BrN2O2/c1-13-3-8-17(11-14(13)2)23-19(24)9-10-20-22-12-18(25-20)15-4-6-16(21)7-5-15/h3-8,11-12H,9-10H2,1-2H3,(H,23,24). The number of nitrogens with zero attached hydrogens (tertiary/aromatic N) is 1. The summed E-state index contributed by atoms with van der Waals surface area (Å²) in [6.45, 7) is 4.08. The van der Waals surface area contributed by atoms with Crippen LogP contribution in [0.25, 0.3) is 11.3 Å². The molecular weight excluding hydrogens is 380 g/mol. The summed E-state index contributed by atoms with van der Waals surface area (Å²) in [5, 5.41) is 2.91. The van der Waals surface area contributed by atoms with Crippen molar-refractivity contribution in [1.29, 1.82) is 0 Å². The zero-order chi connectivity index (χ0) is 17.8. The summed E-state index contributed by atoms with van der Waals surface area (Å²) >= 11 is 3.41. The topological polar surface area (TPSA) is 55.1 Å². The Hall–Kier alpha value is -2.40. The van der Waals surface area contributed by atoms with E-state index in [4.69, 9.17) is 4.42 Å². The van der Waals surface area contributed by atoms with Gasteiger partial charge in [-0.1, -0.05) is 34.1 Å². The number of aryl methyl sites for hydroxylation is 3. The minimum atomic E-state index is -0.0494. The van der Waals surface area contributed by atoms with Gasteiger partial charge >= 0.3 is 0 Å². The van der Waals surface area contributed by atoms with E-state index in [1.807, 2.05) is 56.3 Å². The minimum Gasteiger partial charge on any atom is -0.441 e. The van der Waals surface area contributed by atoms with Gasteiger partial charge in [0.15, 0.2) is 11.7 Å². The lowest BCUT2D eigenvalue weighted by atomic mass is 10.1. The molecule has 0 spiro atoms. The Morgan fingerprint density at radius 1 is 1.12 bits per heavy atom. The number of nitrogens with one attached hydrogen (secondary N) is 1. The van der Waals surface area contributed by atoms with E-state index < -0.39 is 0 Å². The van der Waals surface area contributed by atoms with Crippen molar-refractivity contribution in [3.05, 3.63) is 70.2 Å². The second kappa shape index (κ2) is 7.66. The highest BCUT2D eigenvalue weighted by Gasteiger charge is 2.09.